The van der Waals surface area contributed by atoms with Gasteiger partial charge in [0.1, 0.15) is 5.60 Å². The molecule has 0 saturated heterocycles. The monoisotopic (exact) mass is 327 g/mol. The number of alkyl carbamates (subject to hydrolysis) is 1. The van der Waals surface area contributed by atoms with E-state index in [1.165, 1.54) is 6.07 Å². The van der Waals surface area contributed by atoms with Crippen LogP contribution < -0.4 is 10.6 Å². The summed E-state index contributed by atoms with van der Waals surface area (Å²) in [6.07, 6.45) is -0.715. The number of anilines is 1. The van der Waals surface area contributed by atoms with Gasteiger partial charge in [-0.15, -0.1) is 0 Å². The Morgan fingerprint density at radius 2 is 2.00 bits per heavy atom. The Hall–Kier alpha value is -2.71. The molecule has 8 nitrogen and oxygen atoms in total. The van der Waals surface area contributed by atoms with E-state index in [0.29, 0.717) is 0 Å². The van der Waals surface area contributed by atoms with Gasteiger partial charge in [0, 0.05) is 24.7 Å². The third-order valence-electron chi connectivity index (χ3n) is 2.45. The molecule has 1 rings (SSSR count). The van der Waals surface area contributed by atoms with Gasteiger partial charge in [-0.05, 0) is 32.9 Å². The summed E-state index contributed by atoms with van der Waals surface area (Å²) < 4.78 is 18.2. The number of hydrogen-bond donors (Lipinski definition) is 2. The maximum atomic E-state index is 13.2. The molecular weight excluding hydrogens is 309 g/mol. The van der Waals surface area contributed by atoms with Crippen LogP contribution in [0.15, 0.2) is 18.2 Å². The second-order valence-electron chi connectivity index (χ2n) is 5.65. The van der Waals surface area contributed by atoms with Crippen molar-refractivity contribution < 1.29 is 23.6 Å². The number of amides is 2. The van der Waals surface area contributed by atoms with Gasteiger partial charge in [-0.1, -0.05) is 0 Å². The normalized spacial score (nSPS) is 10.8. The number of nitro benzene ring substituents is 1. The molecule has 2 N–H and O–H groups in total. The lowest BCUT2D eigenvalue weighted by molar-refractivity contribution is -0.387. The molecule has 0 aliphatic rings. The lowest BCUT2D eigenvalue weighted by Gasteiger charge is -2.19. The number of carbonyl (C=O) groups excluding carboxylic acids is 2. The number of benzene rings is 1. The van der Waals surface area contributed by atoms with Gasteiger partial charge in [0.25, 0.3) is 0 Å². The van der Waals surface area contributed by atoms with E-state index in [-0.39, 0.29) is 18.7 Å². The van der Waals surface area contributed by atoms with E-state index in [4.69, 9.17) is 4.74 Å². The Bertz CT molecular complexity index is 613. The fourth-order valence-corrected chi connectivity index (χ4v) is 1.55. The molecule has 1 aromatic rings. The van der Waals surface area contributed by atoms with Crippen LogP contribution in [0.1, 0.15) is 27.2 Å². The van der Waals surface area contributed by atoms with E-state index >= 15 is 0 Å². The van der Waals surface area contributed by atoms with E-state index in [0.717, 1.165) is 12.1 Å². The van der Waals surface area contributed by atoms with Gasteiger partial charge in [0.05, 0.1) is 4.92 Å². The van der Waals surface area contributed by atoms with E-state index in [9.17, 15) is 24.1 Å². The van der Waals surface area contributed by atoms with Crippen molar-refractivity contribution in [3.8, 4) is 0 Å². The average Bonchev–Trinajstić information content (AvgIpc) is 2.38. The zero-order chi connectivity index (χ0) is 17.6. The van der Waals surface area contributed by atoms with Crippen LogP contribution >= 0.6 is 0 Å². The number of halogens is 1. The van der Waals surface area contributed by atoms with E-state index < -0.39 is 34.0 Å². The number of nitro groups is 1. The first-order chi connectivity index (χ1) is 10.6. The summed E-state index contributed by atoms with van der Waals surface area (Å²) in [4.78, 5) is 32.8. The van der Waals surface area contributed by atoms with Gasteiger partial charge in [-0.2, -0.15) is 4.39 Å². The van der Waals surface area contributed by atoms with Crippen molar-refractivity contribution in [1.29, 1.82) is 0 Å². The molecule has 0 unspecified atom stereocenters. The topological polar surface area (TPSA) is 111 Å². The second kappa shape index (κ2) is 7.52. The van der Waals surface area contributed by atoms with Crippen LogP contribution in [0, 0.1) is 15.9 Å². The molecule has 0 aliphatic carbocycles. The zero-order valence-corrected chi connectivity index (χ0v) is 13.0. The lowest BCUT2D eigenvalue weighted by Crippen LogP contribution is -2.34. The number of ether oxygens (including phenoxy) is 1. The largest absolute Gasteiger partial charge is 0.444 e. The molecule has 0 saturated carbocycles. The molecule has 1 aromatic carbocycles. The quantitative estimate of drug-likeness (QED) is 0.638. The van der Waals surface area contributed by atoms with Gasteiger partial charge >= 0.3 is 11.8 Å². The van der Waals surface area contributed by atoms with Crippen molar-refractivity contribution in [3.63, 3.8) is 0 Å². The number of nitrogens with one attached hydrogen (secondary N) is 2. The SMILES string of the molecule is CC(C)(C)OC(=O)NCCC(=O)Nc1ccc(F)c([N+](=O)[O-])c1. The predicted octanol–water partition coefficient (Wildman–Crippen LogP) is 2.59. The fourth-order valence-electron chi connectivity index (χ4n) is 1.55. The van der Waals surface area contributed by atoms with E-state index in [1.54, 1.807) is 20.8 Å². The Kier molecular flexibility index (Phi) is 6.00. The van der Waals surface area contributed by atoms with Crippen LogP contribution in [0.5, 0.6) is 0 Å². The van der Waals surface area contributed by atoms with Crippen molar-refractivity contribution in [2.24, 2.45) is 0 Å². The molecule has 0 bridgehead atoms. The standard InChI is InChI=1S/C14H18FN3O5/c1-14(2,3)23-13(20)16-7-6-12(19)17-9-4-5-10(15)11(8-9)18(21)22/h4-5,8H,6-7H2,1-3H3,(H,16,20)(H,17,19). The summed E-state index contributed by atoms with van der Waals surface area (Å²) in [6.45, 7) is 5.16. The summed E-state index contributed by atoms with van der Waals surface area (Å²) in [5, 5.41) is 15.4. The zero-order valence-electron chi connectivity index (χ0n) is 13.0. The lowest BCUT2D eigenvalue weighted by atomic mass is 10.2. The van der Waals surface area contributed by atoms with Crippen LogP contribution in [0.4, 0.5) is 20.6 Å². The van der Waals surface area contributed by atoms with Crippen LogP contribution in [-0.4, -0.2) is 29.1 Å². The third-order valence-corrected chi connectivity index (χ3v) is 2.45. The predicted molar refractivity (Wildman–Crippen MR) is 80.5 cm³/mol. The first kappa shape index (κ1) is 18.3. The molecule has 2 amide bonds. The van der Waals surface area contributed by atoms with Crippen LogP contribution in [0.2, 0.25) is 0 Å². The Morgan fingerprint density at radius 1 is 1.35 bits per heavy atom. The minimum atomic E-state index is -0.986. The maximum Gasteiger partial charge on any atom is 0.407 e. The number of rotatable bonds is 5. The smallest absolute Gasteiger partial charge is 0.407 e. The molecule has 0 aromatic heterocycles. The summed E-state index contributed by atoms with van der Waals surface area (Å²) in [5.74, 6) is -1.47. The van der Waals surface area contributed by atoms with Crippen molar-refractivity contribution >= 4 is 23.4 Å². The van der Waals surface area contributed by atoms with Crippen molar-refractivity contribution in [3.05, 3.63) is 34.1 Å². The molecule has 126 valence electrons. The van der Waals surface area contributed by atoms with Crippen molar-refractivity contribution in [1.82, 2.24) is 5.32 Å². The highest BCUT2D eigenvalue weighted by Gasteiger charge is 2.17. The highest BCUT2D eigenvalue weighted by atomic mass is 19.1. The molecule has 0 radical (unpaired) electrons. The second-order valence-corrected chi connectivity index (χ2v) is 5.65. The number of hydrogen-bond acceptors (Lipinski definition) is 5. The molecule has 9 heteroatoms. The summed E-state index contributed by atoms with van der Waals surface area (Å²) in [7, 11) is 0. The van der Waals surface area contributed by atoms with Crippen molar-refractivity contribution in [2.45, 2.75) is 32.8 Å². The summed E-state index contributed by atoms with van der Waals surface area (Å²) in [6, 6.07) is 3.03. The number of nitrogens with zero attached hydrogens (tertiary/aromatic N) is 1. The summed E-state index contributed by atoms with van der Waals surface area (Å²) >= 11 is 0. The molecule has 23 heavy (non-hydrogen) atoms. The van der Waals surface area contributed by atoms with Gasteiger partial charge < -0.3 is 15.4 Å². The Morgan fingerprint density at radius 3 is 2.57 bits per heavy atom. The third kappa shape index (κ3) is 6.72. The van der Waals surface area contributed by atoms with Crippen molar-refractivity contribution in [2.75, 3.05) is 11.9 Å². The van der Waals surface area contributed by atoms with E-state index in [2.05, 4.69) is 10.6 Å². The first-order valence-electron chi connectivity index (χ1n) is 6.79. The molecule has 0 aliphatic heterocycles. The van der Waals surface area contributed by atoms with Gasteiger partial charge in [0.2, 0.25) is 11.7 Å². The Balaban J connectivity index is 2.47. The minimum Gasteiger partial charge on any atom is -0.444 e. The van der Waals surface area contributed by atoms with E-state index in [1.807, 2.05) is 0 Å². The highest BCUT2D eigenvalue weighted by molar-refractivity contribution is 5.91. The Labute approximate surface area is 132 Å². The van der Waals surface area contributed by atoms with Crippen LogP contribution in [0.3, 0.4) is 0 Å². The molecule has 0 atom stereocenters. The molecule has 0 spiro atoms. The van der Waals surface area contributed by atoms with Gasteiger partial charge in [0.15, 0.2) is 0 Å². The minimum absolute atomic E-state index is 0.0318. The molecular formula is C14H18FN3O5. The van der Waals surface area contributed by atoms with Crippen LogP contribution in [0.25, 0.3) is 0 Å². The first-order valence-corrected chi connectivity index (χ1v) is 6.79. The van der Waals surface area contributed by atoms with Crippen LogP contribution in [-0.2, 0) is 9.53 Å². The average molecular weight is 327 g/mol. The maximum absolute atomic E-state index is 13.2. The molecule has 0 heterocycles. The summed E-state index contributed by atoms with van der Waals surface area (Å²) in [5.41, 5.74) is -1.27. The van der Waals surface area contributed by atoms with Gasteiger partial charge in [-0.3, -0.25) is 14.9 Å². The number of carbonyl (C=O) groups is 2. The fraction of sp³-hybridized carbons (Fsp3) is 0.429. The molecule has 0 fully saturated rings. The van der Waals surface area contributed by atoms with Gasteiger partial charge in [-0.25, -0.2) is 4.79 Å². The highest BCUT2D eigenvalue weighted by Crippen LogP contribution is 2.21.